The Morgan fingerprint density at radius 3 is 2.48 bits per heavy atom. The summed E-state index contributed by atoms with van der Waals surface area (Å²) in [6.45, 7) is 2.88. The van der Waals surface area contributed by atoms with Crippen LogP contribution in [-0.2, 0) is 11.2 Å². The summed E-state index contributed by atoms with van der Waals surface area (Å²) in [5, 5.41) is 3.91. The second-order valence-corrected chi connectivity index (χ2v) is 5.96. The highest BCUT2D eigenvalue weighted by Crippen LogP contribution is 2.21. The molecule has 0 atom stereocenters. The van der Waals surface area contributed by atoms with Gasteiger partial charge in [0.15, 0.2) is 0 Å². The molecule has 2 rings (SSSR count). The van der Waals surface area contributed by atoms with Crippen molar-refractivity contribution in [2.75, 3.05) is 26.7 Å². The lowest BCUT2D eigenvalue weighted by molar-refractivity contribution is -0.131. The summed E-state index contributed by atoms with van der Waals surface area (Å²) in [5.74, 6) is 1.00. The number of hydrogen-bond acceptors (Lipinski definition) is 2. The van der Waals surface area contributed by atoms with E-state index < -0.39 is 0 Å². The monoisotopic (exact) mass is 330 g/mol. The van der Waals surface area contributed by atoms with E-state index in [0.717, 1.165) is 44.0 Å². The Bertz CT molecular complexity index is 428. The van der Waals surface area contributed by atoms with Gasteiger partial charge in [0.1, 0.15) is 0 Å². The lowest BCUT2D eigenvalue weighted by atomic mass is 9.93. The Hall–Kier alpha value is -0.770. The number of likely N-dealkylation sites (tertiary alicyclic amines) is 1. The van der Waals surface area contributed by atoms with Crippen LogP contribution in [0.2, 0.25) is 5.02 Å². The molecule has 1 aromatic carbocycles. The quantitative estimate of drug-likeness (QED) is 0.899. The molecular formula is C16H24Cl2N2O. The molecule has 3 nitrogen and oxygen atoms in total. The van der Waals surface area contributed by atoms with Gasteiger partial charge in [0.2, 0.25) is 5.91 Å². The Balaban J connectivity index is 0.00000220. The standard InChI is InChI=1S/C16H23ClN2O.ClH/c1-18-9-6-13-7-10-19(11-8-13)16(20)12-14-2-4-15(17)5-3-14;/h2-5,13,18H,6-12H2,1H3;1H. The van der Waals surface area contributed by atoms with Gasteiger partial charge in [-0.25, -0.2) is 0 Å². The van der Waals surface area contributed by atoms with E-state index in [1.54, 1.807) is 0 Å². The molecule has 118 valence electrons. The van der Waals surface area contributed by atoms with Crippen LogP contribution in [0.3, 0.4) is 0 Å². The largest absolute Gasteiger partial charge is 0.342 e. The molecule has 0 unspecified atom stereocenters. The fourth-order valence-electron chi connectivity index (χ4n) is 2.71. The summed E-state index contributed by atoms with van der Waals surface area (Å²) >= 11 is 5.85. The third-order valence-electron chi connectivity index (χ3n) is 4.04. The molecule has 0 radical (unpaired) electrons. The maximum Gasteiger partial charge on any atom is 0.226 e. The summed E-state index contributed by atoms with van der Waals surface area (Å²) in [6, 6.07) is 7.54. The summed E-state index contributed by atoms with van der Waals surface area (Å²) in [4.78, 5) is 14.3. The van der Waals surface area contributed by atoms with Crippen LogP contribution in [0.15, 0.2) is 24.3 Å². The Morgan fingerprint density at radius 1 is 1.29 bits per heavy atom. The third kappa shape index (κ3) is 5.85. The number of hydrogen-bond donors (Lipinski definition) is 1. The molecule has 1 aliphatic heterocycles. The number of benzene rings is 1. The molecule has 0 bridgehead atoms. The molecule has 0 aliphatic carbocycles. The average Bonchev–Trinajstić information content (AvgIpc) is 2.48. The van der Waals surface area contributed by atoms with Crippen molar-refractivity contribution < 1.29 is 4.79 Å². The van der Waals surface area contributed by atoms with Crippen molar-refractivity contribution in [3.63, 3.8) is 0 Å². The Kier molecular flexibility index (Phi) is 8.09. The van der Waals surface area contributed by atoms with E-state index in [2.05, 4.69) is 5.32 Å². The first-order valence-electron chi connectivity index (χ1n) is 7.36. The van der Waals surface area contributed by atoms with E-state index in [1.807, 2.05) is 36.2 Å². The second kappa shape index (κ2) is 9.29. The molecule has 1 fully saturated rings. The second-order valence-electron chi connectivity index (χ2n) is 5.52. The van der Waals surface area contributed by atoms with Crippen molar-refractivity contribution in [3.8, 4) is 0 Å². The van der Waals surface area contributed by atoms with Gasteiger partial charge >= 0.3 is 0 Å². The molecular weight excluding hydrogens is 307 g/mol. The zero-order valence-electron chi connectivity index (χ0n) is 12.5. The highest BCUT2D eigenvalue weighted by atomic mass is 35.5. The fourth-order valence-corrected chi connectivity index (χ4v) is 2.83. The van der Waals surface area contributed by atoms with Gasteiger partial charge in [0.05, 0.1) is 6.42 Å². The fraction of sp³-hybridized carbons (Fsp3) is 0.562. The van der Waals surface area contributed by atoms with E-state index in [-0.39, 0.29) is 18.3 Å². The van der Waals surface area contributed by atoms with Gasteiger partial charge < -0.3 is 10.2 Å². The average molecular weight is 331 g/mol. The molecule has 1 aromatic rings. The first-order chi connectivity index (χ1) is 9.69. The van der Waals surface area contributed by atoms with E-state index in [9.17, 15) is 4.79 Å². The first kappa shape index (κ1) is 18.3. The molecule has 1 saturated heterocycles. The van der Waals surface area contributed by atoms with Gasteiger partial charge in [0, 0.05) is 18.1 Å². The molecule has 5 heteroatoms. The number of nitrogens with one attached hydrogen (secondary N) is 1. The van der Waals surface area contributed by atoms with Crippen molar-refractivity contribution in [3.05, 3.63) is 34.9 Å². The van der Waals surface area contributed by atoms with Crippen molar-refractivity contribution in [2.24, 2.45) is 5.92 Å². The summed E-state index contributed by atoms with van der Waals surface area (Å²) in [5.41, 5.74) is 1.04. The maximum atomic E-state index is 12.3. The number of amides is 1. The molecule has 1 N–H and O–H groups in total. The number of halogens is 2. The molecule has 0 aromatic heterocycles. The Morgan fingerprint density at radius 2 is 1.90 bits per heavy atom. The molecule has 1 heterocycles. The topological polar surface area (TPSA) is 32.3 Å². The molecule has 1 amide bonds. The van der Waals surface area contributed by atoms with E-state index >= 15 is 0 Å². The van der Waals surface area contributed by atoms with E-state index in [1.165, 1.54) is 6.42 Å². The van der Waals surface area contributed by atoms with Crippen LogP contribution >= 0.6 is 24.0 Å². The number of carbonyl (C=O) groups is 1. The molecule has 21 heavy (non-hydrogen) atoms. The van der Waals surface area contributed by atoms with Crippen LogP contribution in [0.5, 0.6) is 0 Å². The van der Waals surface area contributed by atoms with Crippen molar-refractivity contribution >= 4 is 29.9 Å². The van der Waals surface area contributed by atoms with Crippen LogP contribution in [0.25, 0.3) is 0 Å². The van der Waals surface area contributed by atoms with Crippen molar-refractivity contribution in [2.45, 2.75) is 25.7 Å². The highest BCUT2D eigenvalue weighted by Gasteiger charge is 2.22. The van der Waals surface area contributed by atoms with Crippen molar-refractivity contribution in [1.82, 2.24) is 10.2 Å². The van der Waals surface area contributed by atoms with Gasteiger partial charge in [-0.05, 0) is 56.5 Å². The van der Waals surface area contributed by atoms with E-state index in [0.29, 0.717) is 11.4 Å². The van der Waals surface area contributed by atoms with Gasteiger partial charge in [-0.1, -0.05) is 23.7 Å². The Labute approximate surface area is 138 Å². The molecule has 0 spiro atoms. The minimum atomic E-state index is 0. The normalized spacial score (nSPS) is 15.6. The van der Waals surface area contributed by atoms with Crippen LogP contribution in [0.4, 0.5) is 0 Å². The van der Waals surface area contributed by atoms with E-state index in [4.69, 9.17) is 11.6 Å². The lowest BCUT2D eigenvalue weighted by Crippen LogP contribution is -2.39. The highest BCUT2D eigenvalue weighted by molar-refractivity contribution is 6.30. The van der Waals surface area contributed by atoms with Crippen LogP contribution in [-0.4, -0.2) is 37.5 Å². The zero-order chi connectivity index (χ0) is 14.4. The van der Waals surface area contributed by atoms with Gasteiger partial charge in [-0.15, -0.1) is 12.4 Å². The minimum Gasteiger partial charge on any atom is -0.342 e. The van der Waals surface area contributed by atoms with Crippen LogP contribution in [0.1, 0.15) is 24.8 Å². The van der Waals surface area contributed by atoms with Gasteiger partial charge in [-0.2, -0.15) is 0 Å². The number of nitrogens with zero attached hydrogens (tertiary/aromatic N) is 1. The number of carbonyl (C=O) groups excluding carboxylic acids is 1. The van der Waals surface area contributed by atoms with Crippen LogP contribution < -0.4 is 5.32 Å². The zero-order valence-corrected chi connectivity index (χ0v) is 14.1. The minimum absolute atomic E-state index is 0. The summed E-state index contributed by atoms with van der Waals surface area (Å²) in [6.07, 6.45) is 3.97. The first-order valence-corrected chi connectivity index (χ1v) is 7.73. The SMILES string of the molecule is CNCCC1CCN(C(=O)Cc2ccc(Cl)cc2)CC1.Cl. The molecule has 0 saturated carbocycles. The smallest absolute Gasteiger partial charge is 0.226 e. The predicted octanol–water partition coefficient (Wildman–Crippen LogP) is 3.15. The van der Waals surface area contributed by atoms with Crippen molar-refractivity contribution in [1.29, 1.82) is 0 Å². The van der Waals surface area contributed by atoms with Crippen LogP contribution in [0, 0.1) is 5.92 Å². The van der Waals surface area contributed by atoms with Gasteiger partial charge in [0.25, 0.3) is 0 Å². The molecule has 1 aliphatic rings. The lowest BCUT2D eigenvalue weighted by Gasteiger charge is -2.32. The predicted molar refractivity (Wildman–Crippen MR) is 90.3 cm³/mol. The summed E-state index contributed by atoms with van der Waals surface area (Å²) in [7, 11) is 1.99. The maximum absolute atomic E-state index is 12.3. The number of piperidine rings is 1. The number of rotatable bonds is 5. The third-order valence-corrected chi connectivity index (χ3v) is 4.29. The summed E-state index contributed by atoms with van der Waals surface area (Å²) < 4.78 is 0. The van der Waals surface area contributed by atoms with Gasteiger partial charge in [-0.3, -0.25) is 4.79 Å².